The number of carbonyl (C=O) groups excluding carboxylic acids is 2. The van der Waals surface area contributed by atoms with Gasteiger partial charge in [-0.3, -0.25) is 4.79 Å². The van der Waals surface area contributed by atoms with Crippen molar-refractivity contribution in [3.8, 4) is 0 Å². The summed E-state index contributed by atoms with van der Waals surface area (Å²) in [4.78, 5) is 26.3. The van der Waals surface area contributed by atoms with E-state index in [4.69, 9.17) is 16.3 Å². The summed E-state index contributed by atoms with van der Waals surface area (Å²) in [5.41, 5.74) is 0.955. The summed E-state index contributed by atoms with van der Waals surface area (Å²) >= 11 is 7.20. The predicted octanol–water partition coefficient (Wildman–Crippen LogP) is 4.37. The van der Waals surface area contributed by atoms with Gasteiger partial charge in [-0.25, -0.2) is 4.79 Å². The highest BCUT2D eigenvalue weighted by atomic mass is 35.5. The van der Waals surface area contributed by atoms with Crippen LogP contribution in [-0.2, 0) is 16.1 Å². The summed E-state index contributed by atoms with van der Waals surface area (Å²) in [5.74, 6) is -0.737. The molecule has 6 heteroatoms. The highest BCUT2D eigenvalue weighted by Gasteiger charge is 2.16. The molecule has 0 fully saturated rings. The van der Waals surface area contributed by atoms with Crippen LogP contribution in [0.3, 0.4) is 0 Å². The van der Waals surface area contributed by atoms with Crippen molar-refractivity contribution in [2.75, 3.05) is 13.7 Å². The van der Waals surface area contributed by atoms with E-state index >= 15 is 0 Å². The van der Waals surface area contributed by atoms with Gasteiger partial charge in [-0.05, 0) is 35.2 Å². The quantitative estimate of drug-likeness (QED) is 0.624. The Morgan fingerprint density at radius 2 is 1.84 bits per heavy atom. The van der Waals surface area contributed by atoms with Gasteiger partial charge in [-0.2, -0.15) is 0 Å². The molecule has 25 heavy (non-hydrogen) atoms. The lowest BCUT2D eigenvalue weighted by molar-refractivity contribution is -0.133. The van der Waals surface area contributed by atoms with E-state index in [2.05, 4.69) is 0 Å². The molecule has 0 aliphatic rings. The van der Waals surface area contributed by atoms with E-state index in [0.717, 1.165) is 15.6 Å². The fourth-order valence-electron chi connectivity index (χ4n) is 2.34. The molecule has 0 N–H and O–H groups in total. The highest BCUT2D eigenvalue weighted by Crippen LogP contribution is 2.25. The number of amides is 1. The fourth-order valence-corrected chi connectivity index (χ4v) is 3.43. The molecule has 4 nitrogen and oxygen atoms in total. The molecular weight excluding hydrogens is 358 g/mol. The van der Waals surface area contributed by atoms with Gasteiger partial charge in [0, 0.05) is 23.3 Å². The summed E-state index contributed by atoms with van der Waals surface area (Å²) in [6, 6.07) is 16.8. The van der Waals surface area contributed by atoms with Crippen LogP contribution >= 0.6 is 22.9 Å². The van der Waals surface area contributed by atoms with Gasteiger partial charge < -0.3 is 9.64 Å². The molecule has 0 aliphatic heterocycles. The smallest absolute Gasteiger partial charge is 0.348 e. The lowest BCUT2D eigenvalue weighted by atomic mass is 10.2. The zero-order valence-electron chi connectivity index (χ0n) is 13.6. The van der Waals surface area contributed by atoms with Gasteiger partial charge in [-0.1, -0.05) is 41.9 Å². The fraction of sp³-hybridized carbons (Fsp3) is 0.158. The normalized spacial score (nSPS) is 10.6. The third kappa shape index (κ3) is 4.38. The Morgan fingerprint density at radius 3 is 2.56 bits per heavy atom. The topological polar surface area (TPSA) is 46.6 Å². The van der Waals surface area contributed by atoms with Crippen LogP contribution in [0.2, 0.25) is 5.02 Å². The SMILES string of the molecule is CN(Cc1ccc(Cl)cc1)C(=O)COC(=O)c1cc2ccccc2s1. The van der Waals surface area contributed by atoms with Crippen molar-refractivity contribution in [3.63, 3.8) is 0 Å². The van der Waals surface area contributed by atoms with Gasteiger partial charge in [0.1, 0.15) is 4.88 Å². The summed E-state index contributed by atoms with van der Waals surface area (Å²) in [7, 11) is 1.67. The second-order valence-corrected chi connectivity index (χ2v) is 7.12. The Hall–Kier alpha value is -2.37. The Labute approximate surface area is 154 Å². The second-order valence-electron chi connectivity index (χ2n) is 5.60. The molecule has 2 aromatic carbocycles. The zero-order chi connectivity index (χ0) is 17.8. The number of ether oxygens (including phenoxy) is 1. The molecule has 128 valence electrons. The van der Waals surface area contributed by atoms with E-state index < -0.39 is 5.97 Å². The average molecular weight is 374 g/mol. The number of thiophene rings is 1. The lowest BCUT2D eigenvalue weighted by Crippen LogP contribution is -2.30. The van der Waals surface area contributed by atoms with E-state index in [9.17, 15) is 9.59 Å². The van der Waals surface area contributed by atoms with Crippen molar-refractivity contribution in [1.29, 1.82) is 0 Å². The van der Waals surface area contributed by atoms with Gasteiger partial charge in [0.15, 0.2) is 6.61 Å². The molecule has 0 aliphatic carbocycles. The van der Waals surface area contributed by atoms with Gasteiger partial charge in [-0.15, -0.1) is 11.3 Å². The molecule has 3 rings (SSSR count). The second kappa shape index (κ2) is 7.68. The number of likely N-dealkylation sites (N-methyl/N-ethyl adjacent to an activating group) is 1. The average Bonchev–Trinajstić information content (AvgIpc) is 3.05. The molecule has 1 aromatic heterocycles. The number of halogens is 1. The summed E-state index contributed by atoms with van der Waals surface area (Å²) in [6.07, 6.45) is 0. The van der Waals surface area contributed by atoms with E-state index in [1.165, 1.54) is 16.2 Å². The number of rotatable bonds is 5. The maximum Gasteiger partial charge on any atom is 0.348 e. The van der Waals surface area contributed by atoms with Crippen molar-refractivity contribution < 1.29 is 14.3 Å². The van der Waals surface area contributed by atoms with Crippen LogP contribution in [0.25, 0.3) is 10.1 Å². The number of hydrogen-bond donors (Lipinski definition) is 0. The van der Waals surface area contributed by atoms with Crippen molar-refractivity contribution in [2.45, 2.75) is 6.54 Å². The molecule has 0 saturated carbocycles. The van der Waals surface area contributed by atoms with Crippen molar-refractivity contribution >= 4 is 44.9 Å². The number of carbonyl (C=O) groups is 2. The minimum atomic E-state index is -0.477. The number of esters is 1. The minimum absolute atomic E-state index is 0.260. The molecule has 0 unspecified atom stereocenters. The minimum Gasteiger partial charge on any atom is -0.451 e. The van der Waals surface area contributed by atoms with Crippen LogP contribution in [0, 0.1) is 0 Å². The molecule has 0 saturated heterocycles. The predicted molar refractivity (Wildman–Crippen MR) is 100 cm³/mol. The van der Waals surface area contributed by atoms with Crippen molar-refractivity contribution in [3.05, 3.63) is 70.1 Å². The molecule has 0 radical (unpaired) electrons. The first-order valence-electron chi connectivity index (χ1n) is 7.67. The summed E-state index contributed by atoms with van der Waals surface area (Å²) < 4.78 is 6.17. The molecule has 0 atom stereocenters. The molecular formula is C19H16ClNO3S. The van der Waals surface area contributed by atoms with Gasteiger partial charge in [0.2, 0.25) is 0 Å². The number of nitrogens with zero attached hydrogens (tertiary/aromatic N) is 1. The maximum atomic E-state index is 12.1. The molecule has 0 bridgehead atoms. The van der Waals surface area contributed by atoms with Gasteiger partial charge in [0.25, 0.3) is 5.91 Å². The van der Waals surface area contributed by atoms with Crippen LogP contribution in [0.15, 0.2) is 54.6 Å². The van der Waals surface area contributed by atoms with E-state index in [1.807, 2.05) is 36.4 Å². The largest absolute Gasteiger partial charge is 0.451 e. The summed E-state index contributed by atoms with van der Waals surface area (Å²) in [6.45, 7) is 0.146. The van der Waals surface area contributed by atoms with Gasteiger partial charge >= 0.3 is 5.97 Å². The first kappa shape index (κ1) is 17.5. The molecule has 1 amide bonds. The number of benzene rings is 2. The monoisotopic (exact) mass is 373 g/mol. The first-order chi connectivity index (χ1) is 12.0. The van der Waals surface area contributed by atoms with E-state index in [1.54, 1.807) is 25.2 Å². The van der Waals surface area contributed by atoms with Crippen molar-refractivity contribution in [2.24, 2.45) is 0 Å². The highest BCUT2D eigenvalue weighted by molar-refractivity contribution is 7.20. The summed E-state index contributed by atoms with van der Waals surface area (Å²) in [5, 5.41) is 1.64. The number of hydrogen-bond acceptors (Lipinski definition) is 4. The first-order valence-corrected chi connectivity index (χ1v) is 8.86. The molecule has 1 heterocycles. The van der Waals surface area contributed by atoms with Crippen LogP contribution in [0.1, 0.15) is 15.2 Å². The molecule has 3 aromatic rings. The number of fused-ring (bicyclic) bond motifs is 1. The van der Waals surface area contributed by atoms with Crippen LogP contribution in [0.4, 0.5) is 0 Å². The van der Waals surface area contributed by atoms with Crippen LogP contribution in [-0.4, -0.2) is 30.4 Å². The molecule has 0 spiro atoms. The van der Waals surface area contributed by atoms with Crippen molar-refractivity contribution in [1.82, 2.24) is 4.90 Å². The zero-order valence-corrected chi connectivity index (χ0v) is 15.1. The van der Waals surface area contributed by atoms with Crippen LogP contribution < -0.4 is 0 Å². The lowest BCUT2D eigenvalue weighted by Gasteiger charge is -2.17. The van der Waals surface area contributed by atoms with E-state index in [0.29, 0.717) is 16.4 Å². The van der Waals surface area contributed by atoms with E-state index in [-0.39, 0.29) is 12.5 Å². The Kier molecular flexibility index (Phi) is 5.36. The van der Waals surface area contributed by atoms with Crippen LogP contribution in [0.5, 0.6) is 0 Å². The third-order valence-corrected chi connectivity index (χ3v) is 5.06. The standard InChI is InChI=1S/C19H16ClNO3S/c1-21(11-13-6-8-15(20)9-7-13)18(22)12-24-19(23)17-10-14-4-2-3-5-16(14)25-17/h2-10H,11-12H2,1H3. The third-order valence-electron chi connectivity index (χ3n) is 3.71. The Balaban J connectivity index is 1.55. The Bertz CT molecular complexity index is 871. The Morgan fingerprint density at radius 1 is 1.12 bits per heavy atom. The maximum absolute atomic E-state index is 12.1. The van der Waals surface area contributed by atoms with Gasteiger partial charge in [0.05, 0.1) is 0 Å².